The summed E-state index contributed by atoms with van der Waals surface area (Å²) in [5.74, 6) is -0.357. The monoisotopic (exact) mass is 332 g/mol. The minimum atomic E-state index is -0.514. The van der Waals surface area contributed by atoms with E-state index >= 15 is 0 Å². The van der Waals surface area contributed by atoms with Crippen LogP contribution in [0.5, 0.6) is 0 Å². The summed E-state index contributed by atoms with van der Waals surface area (Å²) in [6, 6.07) is 5.68. The average Bonchev–Trinajstić information content (AvgIpc) is 2.97. The van der Waals surface area contributed by atoms with Gasteiger partial charge in [-0.3, -0.25) is 14.7 Å². The van der Waals surface area contributed by atoms with E-state index in [1.807, 2.05) is 24.6 Å². The fraction of sp³-hybridized carbons (Fsp3) is 0.312. The SMILES string of the molecule is CNC(=O)NC(=O)C(C)Sc1nccn1-c1cc(C)ccc1C. The van der Waals surface area contributed by atoms with Gasteiger partial charge in [0.05, 0.1) is 10.9 Å². The lowest BCUT2D eigenvalue weighted by Crippen LogP contribution is -2.41. The van der Waals surface area contributed by atoms with Crippen molar-refractivity contribution < 1.29 is 9.59 Å². The maximum Gasteiger partial charge on any atom is 0.321 e. The Bertz CT molecular complexity index is 727. The molecular formula is C16H20N4O2S. The quantitative estimate of drug-likeness (QED) is 0.843. The number of thioether (sulfide) groups is 1. The summed E-state index contributed by atoms with van der Waals surface area (Å²) in [5.41, 5.74) is 3.31. The van der Waals surface area contributed by atoms with Gasteiger partial charge in [-0.1, -0.05) is 23.9 Å². The molecule has 0 radical (unpaired) electrons. The van der Waals surface area contributed by atoms with Gasteiger partial charge in [-0.15, -0.1) is 0 Å². The molecule has 0 bridgehead atoms. The zero-order chi connectivity index (χ0) is 17.0. The summed E-state index contributed by atoms with van der Waals surface area (Å²) in [6.07, 6.45) is 3.57. The second kappa shape index (κ2) is 7.32. The van der Waals surface area contributed by atoms with Crippen molar-refractivity contribution in [2.24, 2.45) is 0 Å². The fourth-order valence-electron chi connectivity index (χ4n) is 2.03. The fourth-order valence-corrected chi connectivity index (χ4v) is 2.90. The highest BCUT2D eigenvalue weighted by Gasteiger charge is 2.19. The second-order valence-corrected chi connectivity index (χ2v) is 6.51. The molecule has 0 aliphatic heterocycles. The Morgan fingerprint density at radius 2 is 2.04 bits per heavy atom. The number of hydrogen-bond acceptors (Lipinski definition) is 4. The highest BCUT2D eigenvalue weighted by atomic mass is 32.2. The number of imide groups is 1. The van der Waals surface area contributed by atoms with Crippen LogP contribution in [0.15, 0.2) is 35.7 Å². The standard InChI is InChI=1S/C16H20N4O2S/c1-10-5-6-11(2)13(9-10)20-8-7-18-16(20)23-12(3)14(21)19-15(22)17-4/h5-9,12H,1-4H3,(H2,17,19,21,22). The molecule has 1 unspecified atom stereocenters. The van der Waals surface area contributed by atoms with E-state index in [1.54, 1.807) is 13.1 Å². The van der Waals surface area contributed by atoms with Crippen molar-refractivity contribution in [3.8, 4) is 5.69 Å². The van der Waals surface area contributed by atoms with Gasteiger partial charge in [0.2, 0.25) is 5.91 Å². The van der Waals surface area contributed by atoms with Crippen molar-refractivity contribution >= 4 is 23.7 Å². The highest BCUT2D eigenvalue weighted by Crippen LogP contribution is 2.26. The highest BCUT2D eigenvalue weighted by molar-refractivity contribution is 8.00. The first kappa shape index (κ1) is 17.1. The van der Waals surface area contributed by atoms with E-state index in [0.29, 0.717) is 5.16 Å². The number of imidazole rings is 1. The van der Waals surface area contributed by atoms with Gasteiger partial charge in [0.15, 0.2) is 5.16 Å². The number of hydrogen-bond donors (Lipinski definition) is 2. The molecule has 6 nitrogen and oxygen atoms in total. The number of aryl methyl sites for hydroxylation is 2. The molecule has 2 aromatic rings. The molecule has 0 aliphatic carbocycles. The van der Waals surface area contributed by atoms with Crippen LogP contribution in [-0.4, -0.2) is 33.8 Å². The van der Waals surface area contributed by atoms with Crippen LogP contribution in [0.4, 0.5) is 4.79 Å². The van der Waals surface area contributed by atoms with Gasteiger partial charge < -0.3 is 5.32 Å². The van der Waals surface area contributed by atoms with Gasteiger partial charge in [-0.2, -0.15) is 0 Å². The molecule has 2 rings (SSSR count). The molecule has 0 spiro atoms. The van der Waals surface area contributed by atoms with Gasteiger partial charge in [-0.25, -0.2) is 9.78 Å². The van der Waals surface area contributed by atoms with E-state index in [2.05, 4.69) is 33.8 Å². The molecule has 122 valence electrons. The number of amides is 3. The number of urea groups is 1. The van der Waals surface area contributed by atoms with Crippen molar-refractivity contribution in [2.75, 3.05) is 7.05 Å². The third-order valence-corrected chi connectivity index (χ3v) is 4.43. The summed E-state index contributed by atoms with van der Waals surface area (Å²) in [4.78, 5) is 27.5. The lowest BCUT2D eigenvalue weighted by Gasteiger charge is -2.14. The van der Waals surface area contributed by atoms with Crippen molar-refractivity contribution in [3.63, 3.8) is 0 Å². The zero-order valence-electron chi connectivity index (χ0n) is 13.6. The van der Waals surface area contributed by atoms with Crippen LogP contribution in [0.1, 0.15) is 18.1 Å². The second-order valence-electron chi connectivity index (χ2n) is 5.20. The summed E-state index contributed by atoms with van der Waals surface area (Å²) >= 11 is 1.31. The molecule has 0 fully saturated rings. The normalized spacial score (nSPS) is 11.8. The predicted octanol–water partition coefficient (Wildman–Crippen LogP) is 2.43. The van der Waals surface area contributed by atoms with Crippen molar-refractivity contribution in [1.82, 2.24) is 20.2 Å². The Morgan fingerprint density at radius 1 is 1.30 bits per heavy atom. The van der Waals surface area contributed by atoms with Gasteiger partial charge in [0.25, 0.3) is 0 Å². The molecule has 1 atom stereocenters. The Labute approximate surface area is 139 Å². The van der Waals surface area contributed by atoms with Crippen molar-refractivity contribution in [3.05, 3.63) is 41.7 Å². The van der Waals surface area contributed by atoms with Gasteiger partial charge in [0, 0.05) is 19.4 Å². The lowest BCUT2D eigenvalue weighted by atomic mass is 10.1. The average molecular weight is 332 g/mol. The first-order valence-corrected chi connectivity index (χ1v) is 8.10. The minimum absolute atomic E-state index is 0.357. The number of nitrogens with one attached hydrogen (secondary N) is 2. The Kier molecular flexibility index (Phi) is 5.44. The molecule has 0 saturated carbocycles. The van der Waals surface area contributed by atoms with E-state index < -0.39 is 11.3 Å². The number of carbonyl (C=O) groups excluding carboxylic acids is 2. The largest absolute Gasteiger partial charge is 0.341 e. The number of benzene rings is 1. The summed E-state index contributed by atoms with van der Waals surface area (Å²) < 4.78 is 1.96. The molecule has 0 aliphatic rings. The van der Waals surface area contributed by atoms with Crippen molar-refractivity contribution in [1.29, 1.82) is 0 Å². The number of aromatic nitrogens is 2. The minimum Gasteiger partial charge on any atom is -0.341 e. The molecule has 1 heterocycles. The summed E-state index contributed by atoms with van der Waals surface area (Å²) in [6.45, 7) is 5.81. The molecular weight excluding hydrogens is 312 g/mol. The van der Waals surface area contributed by atoms with Crippen LogP contribution in [0, 0.1) is 13.8 Å². The third kappa shape index (κ3) is 4.13. The molecule has 2 N–H and O–H groups in total. The smallest absolute Gasteiger partial charge is 0.321 e. The Balaban J connectivity index is 2.20. The molecule has 3 amide bonds. The molecule has 0 saturated heterocycles. The van der Waals surface area contributed by atoms with Crippen LogP contribution >= 0.6 is 11.8 Å². The van der Waals surface area contributed by atoms with E-state index in [9.17, 15) is 9.59 Å². The first-order chi connectivity index (χ1) is 10.9. The first-order valence-electron chi connectivity index (χ1n) is 7.22. The maximum absolute atomic E-state index is 12.0. The molecule has 23 heavy (non-hydrogen) atoms. The van der Waals surface area contributed by atoms with Crippen LogP contribution in [0.25, 0.3) is 5.69 Å². The van der Waals surface area contributed by atoms with Gasteiger partial charge in [0.1, 0.15) is 0 Å². The summed E-state index contributed by atoms with van der Waals surface area (Å²) in [5, 5.41) is 4.90. The molecule has 7 heteroatoms. The van der Waals surface area contributed by atoms with E-state index in [1.165, 1.54) is 18.8 Å². The lowest BCUT2D eigenvalue weighted by molar-refractivity contribution is -0.119. The van der Waals surface area contributed by atoms with Crippen LogP contribution in [-0.2, 0) is 4.79 Å². The Morgan fingerprint density at radius 3 is 2.74 bits per heavy atom. The van der Waals surface area contributed by atoms with E-state index in [0.717, 1.165) is 16.8 Å². The van der Waals surface area contributed by atoms with Crippen LogP contribution < -0.4 is 10.6 Å². The predicted molar refractivity (Wildman–Crippen MR) is 91.0 cm³/mol. The number of rotatable bonds is 4. The number of nitrogens with zero attached hydrogens (tertiary/aromatic N) is 2. The molecule has 1 aromatic carbocycles. The zero-order valence-corrected chi connectivity index (χ0v) is 14.4. The van der Waals surface area contributed by atoms with Crippen molar-refractivity contribution in [2.45, 2.75) is 31.2 Å². The maximum atomic E-state index is 12.0. The Hall–Kier alpha value is -2.28. The van der Waals surface area contributed by atoms with Gasteiger partial charge in [-0.05, 0) is 38.0 Å². The topological polar surface area (TPSA) is 76.0 Å². The van der Waals surface area contributed by atoms with Gasteiger partial charge >= 0.3 is 6.03 Å². The van der Waals surface area contributed by atoms with Crippen LogP contribution in [0.2, 0.25) is 0 Å². The molecule has 1 aromatic heterocycles. The number of carbonyl (C=O) groups is 2. The van der Waals surface area contributed by atoms with Crippen LogP contribution in [0.3, 0.4) is 0 Å². The third-order valence-electron chi connectivity index (χ3n) is 3.35. The van der Waals surface area contributed by atoms with E-state index in [-0.39, 0.29) is 5.91 Å². The summed E-state index contributed by atoms with van der Waals surface area (Å²) in [7, 11) is 1.47. The van der Waals surface area contributed by atoms with E-state index in [4.69, 9.17) is 0 Å².